The zero-order chi connectivity index (χ0) is 22.4. The summed E-state index contributed by atoms with van der Waals surface area (Å²) in [7, 11) is 1.59. The Morgan fingerprint density at radius 1 is 1.23 bits per heavy atom. The molecule has 164 valence electrons. The van der Waals surface area contributed by atoms with Crippen molar-refractivity contribution < 1.29 is 27.6 Å². The van der Waals surface area contributed by atoms with Crippen LogP contribution in [0.15, 0.2) is 41.8 Å². The Hall–Kier alpha value is -2.68. The van der Waals surface area contributed by atoms with Crippen LogP contribution in [-0.2, 0) is 32.5 Å². The Labute approximate surface area is 181 Å². The molecule has 1 aliphatic heterocycles. The molecule has 1 aliphatic carbocycles. The Morgan fingerprint density at radius 3 is 2.58 bits per heavy atom. The topological polar surface area (TPSA) is 57.7 Å². The largest absolute Gasteiger partial charge is 0.416 e. The predicted molar refractivity (Wildman–Crippen MR) is 108 cm³/mol. The number of thiophene rings is 1. The molecule has 0 spiro atoms. The summed E-state index contributed by atoms with van der Waals surface area (Å²) in [6.07, 6.45) is -3.89. The van der Waals surface area contributed by atoms with Crippen molar-refractivity contribution in [1.29, 1.82) is 0 Å². The minimum Gasteiger partial charge on any atom is -0.341 e. The van der Waals surface area contributed by atoms with Gasteiger partial charge in [0.05, 0.1) is 17.5 Å². The Bertz CT molecular complexity index is 1020. The first-order valence-electron chi connectivity index (χ1n) is 9.92. The zero-order valence-electron chi connectivity index (χ0n) is 16.8. The number of hydrogen-bond acceptors (Lipinski definition) is 4. The Morgan fingerprint density at radius 2 is 1.97 bits per heavy atom. The minimum absolute atomic E-state index is 0.0571. The van der Waals surface area contributed by atoms with Gasteiger partial charge < -0.3 is 4.90 Å². The van der Waals surface area contributed by atoms with Crippen LogP contribution in [0, 0.1) is 0 Å². The number of hydrogen-bond donors (Lipinski definition) is 0. The molecule has 1 aromatic heterocycles. The fourth-order valence-corrected chi connectivity index (χ4v) is 4.80. The summed E-state index contributed by atoms with van der Waals surface area (Å²) < 4.78 is 40.0. The summed E-state index contributed by atoms with van der Waals surface area (Å²) in [4.78, 5) is 42.7. The van der Waals surface area contributed by atoms with Crippen LogP contribution in [0.4, 0.5) is 13.2 Å². The van der Waals surface area contributed by atoms with E-state index in [2.05, 4.69) is 0 Å². The van der Waals surface area contributed by atoms with Crippen LogP contribution in [0.3, 0.4) is 0 Å². The van der Waals surface area contributed by atoms with Crippen molar-refractivity contribution in [2.24, 2.45) is 0 Å². The van der Waals surface area contributed by atoms with Crippen molar-refractivity contribution in [2.75, 3.05) is 7.05 Å². The highest BCUT2D eigenvalue weighted by molar-refractivity contribution is 7.09. The molecule has 9 heteroatoms. The number of amides is 3. The van der Waals surface area contributed by atoms with Crippen LogP contribution < -0.4 is 0 Å². The predicted octanol–water partition coefficient (Wildman–Crippen LogP) is 3.97. The van der Waals surface area contributed by atoms with Gasteiger partial charge in [-0.15, -0.1) is 11.3 Å². The lowest BCUT2D eigenvalue weighted by Crippen LogP contribution is -2.43. The Balaban J connectivity index is 1.69. The van der Waals surface area contributed by atoms with Crippen molar-refractivity contribution in [2.45, 2.75) is 49.9 Å². The summed E-state index contributed by atoms with van der Waals surface area (Å²) >= 11 is 1.48. The quantitative estimate of drug-likeness (QED) is 0.626. The zero-order valence-corrected chi connectivity index (χ0v) is 17.6. The molecule has 1 saturated carbocycles. The summed E-state index contributed by atoms with van der Waals surface area (Å²) in [5.74, 6) is -1.40. The number of alkyl halides is 3. The lowest BCUT2D eigenvalue weighted by molar-refractivity contribution is -0.143. The van der Waals surface area contributed by atoms with Crippen molar-refractivity contribution in [3.63, 3.8) is 0 Å². The number of nitrogens with zero attached hydrogens (tertiary/aromatic N) is 2. The van der Waals surface area contributed by atoms with Gasteiger partial charge in [0.2, 0.25) is 17.7 Å². The maximum Gasteiger partial charge on any atom is 0.416 e. The van der Waals surface area contributed by atoms with E-state index in [0.29, 0.717) is 19.4 Å². The third-order valence-corrected chi connectivity index (χ3v) is 6.72. The van der Waals surface area contributed by atoms with Crippen LogP contribution in [-0.4, -0.2) is 40.6 Å². The maximum atomic E-state index is 13.4. The molecule has 2 aromatic rings. The smallest absolute Gasteiger partial charge is 0.341 e. The average Bonchev–Trinajstić information content (AvgIpc) is 3.34. The first-order valence-corrected chi connectivity index (χ1v) is 10.8. The summed E-state index contributed by atoms with van der Waals surface area (Å²) in [6.45, 7) is 0.323. The highest BCUT2D eigenvalue weighted by Gasteiger charge is 2.57. The lowest BCUT2D eigenvalue weighted by atomic mass is 9.75. The van der Waals surface area contributed by atoms with Crippen molar-refractivity contribution in [3.8, 4) is 0 Å². The number of imide groups is 1. The molecular weight excluding hydrogens is 429 g/mol. The van der Waals surface area contributed by atoms with E-state index in [1.807, 2.05) is 17.5 Å². The lowest BCUT2D eigenvalue weighted by Gasteiger charge is -2.29. The second-order valence-electron chi connectivity index (χ2n) is 8.14. The molecule has 1 atom stereocenters. The SMILES string of the molecule is CN(Cc1cccs1)C(=O)CC1(c2cccc(C(F)(F)F)c2)CC(=O)N(C2CC2)C1=O. The normalized spacial score (nSPS) is 21.6. The third-order valence-electron chi connectivity index (χ3n) is 5.86. The van der Waals surface area contributed by atoms with Crippen molar-refractivity contribution >= 4 is 29.1 Å². The molecule has 0 radical (unpaired) electrons. The van der Waals surface area contributed by atoms with E-state index in [-0.39, 0.29) is 24.4 Å². The van der Waals surface area contributed by atoms with Crippen LogP contribution >= 0.6 is 11.3 Å². The fourth-order valence-electron chi connectivity index (χ4n) is 4.04. The van der Waals surface area contributed by atoms with E-state index in [1.165, 1.54) is 28.4 Å². The van der Waals surface area contributed by atoms with E-state index in [9.17, 15) is 27.6 Å². The number of carbonyl (C=O) groups is 3. The van der Waals surface area contributed by atoms with Gasteiger partial charge in [0.25, 0.3) is 0 Å². The molecule has 31 heavy (non-hydrogen) atoms. The molecule has 2 aliphatic rings. The van der Waals surface area contributed by atoms with Crippen molar-refractivity contribution in [1.82, 2.24) is 9.80 Å². The first kappa shape index (κ1) is 21.5. The molecule has 1 aromatic carbocycles. The summed E-state index contributed by atoms with van der Waals surface area (Å²) in [6, 6.07) is 7.95. The molecule has 2 heterocycles. The van der Waals surface area contributed by atoms with Crippen LogP contribution in [0.2, 0.25) is 0 Å². The van der Waals surface area contributed by atoms with Crippen molar-refractivity contribution in [3.05, 3.63) is 57.8 Å². The molecule has 1 unspecified atom stereocenters. The Kier molecular flexibility index (Phi) is 5.41. The highest BCUT2D eigenvalue weighted by atomic mass is 32.1. The number of carbonyl (C=O) groups excluding carboxylic acids is 3. The summed E-state index contributed by atoms with van der Waals surface area (Å²) in [5, 5.41) is 1.88. The van der Waals surface area contributed by atoms with Crippen LogP contribution in [0.25, 0.3) is 0 Å². The van der Waals surface area contributed by atoms with E-state index < -0.39 is 34.9 Å². The summed E-state index contributed by atoms with van der Waals surface area (Å²) in [5.41, 5.74) is -2.47. The molecule has 5 nitrogen and oxygen atoms in total. The average molecular weight is 450 g/mol. The molecule has 3 amide bonds. The van der Waals surface area contributed by atoms with E-state index in [0.717, 1.165) is 21.9 Å². The molecular formula is C22H21F3N2O3S. The van der Waals surface area contributed by atoms with Gasteiger partial charge in [-0.1, -0.05) is 24.3 Å². The van der Waals surface area contributed by atoms with Gasteiger partial charge >= 0.3 is 6.18 Å². The van der Waals surface area contributed by atoms with E-state index in [1.54, 1.807) is 7.05 Å². The number of halogens is 3. The van der Waals surface area contributed by atoms with Gasteiger partial charge in [-0.05, 0) is 35.9 Å². The minimum atomic E-state index is -4.60. The van der Waals surface area contributed by atoms with Gasteiger partial charge in [0, 0.05) is 30.8 Å². The molecule has 0 bridgehead atoms. The van der Waals surface area contributed by atoms with Crippen LogP contribution in [0.5, 0.6) is 0 Å². The second kappa shape index (κ2) is 7.78. The maximum absolute atomic E-state index is 13.4. The standard InChI is InChI=1S/C22H21F3N2O3S/c1-26(13-17-6-3-9-31-17)18(28)11-21(12-19(29)27(20(21)30)16-7-8-16)14-4-2-5-15(10-14)22(23,24)25/h2-6,9-10,16H,7-8,11-13H2,1H3. The molecule has 4 rings (SSSR count). The van der Waals surface area contributed by atoms with Crippen LogP contribution in [0.1, 0.15) is 41.7 Å². The van der Waals surface area contributed by atoms with Gasteiger partial charge in [0.15, 0.2) is 0 Å². The number of rotatable bonds is 6. The van der Waals surface area contributed by atoms with Gasteiger partial charge in [0.1, 0.15) is 0 Å². The second-order valence-corrected chi connectivity index (χ2v) is 9.18. The molecule has 1 saturated heterocycles. The monoisotopic (exact) mass is 450 g/mol. The highest BCUT2D eigenvalue weighted by Crippen LogP contribution is 2.45. The molecule has 2 fully saturated rings. The number of likely N-dealkylation sites (tertiary alicyclic amines) is 1. The number of benzene rings is 1. The van der Waals surface area contributed by atoms with E-state index in [4.69, 9.17) is 0 Å². The van der Waals surface area contributed by atoms with E-state index >= 15 is 0 Å². The van der Waals surface area contributed by atoms with Gasteiger partial charge in [-0.2, -0.15) is 13.2 Å². The fraction of sp³-hybridized carbons (Fsp3) is 0.409. The first-order chi connectivity index (χ1) is 14.6. The van der Waals surface area contributed by atoms with Gasteiger partial charge in [-0.25, -0.2) is 0 Å². The third kappa shape index (κ3) is 4.11. The molecule has 0 N–H and O–H groups in total. The van der Waals surface area contributed by atoms with Gasteiger partial charge in [-0.3, -0.25) is 19.3 Å².